The van der Waals surface area contributed by atoms with Crippen LogP contribution in [0.2, 0.25) is 0 Å². The maximum absolute atomic E-state index is 12.3. The molecule has 0 aliphatic carbocycles. The molecular formula is C19H15N5O8. The number of aromatic hydroxyl groups is 1. The largest absolute Gasteiger partial charge is 0.494 e. The molecule has 0 radical (unpaired) electrons. The summed E-state index contributed by atoms with van der Waals surface area (Å²) in [4.78, 5) is 50.7. The third kappa shape index (κ3) is 4.51. The summed E-state index contributed by atoms with van der Waals surface area (Å²) < 4.78 is 6.13. The Morgan fingerprint density at radius 3 is 2.22 bits per heavy atom. The van der Waals surface area contributed by atoms with Gasteiger partial charge in [-0.05, 0) is 31.2 Å². The molecule has 3 aromatic rings. The number of benzene rings is 2. The third-order valence-electron chi connectivity index (χ3n) is 4.18. The molecule has 164 valence electrons. The minimum atomic E-state index is -0.974. The molecule has 0 amide bonds. The first-order valence-electron chi connectivity index (χ1n) is 9.00. The second kappa shape index (κ2) is 8.91. The average molecular weight is 441 g/mol. The predicted molar refractivity (Wildman–Crippen MR) is 112 cm³/mol. The van der Waals surface area contributed by atoms with Gasteiger partial charge in [0.15, 0.2) is 0 Å². The number of H-pyrrole nitrogens is 1. The zero-order valence-electron chi connectivity index (χ0n) is 16.4. The van der Waals surface area contributed by atoms with Crippen LogP contribution in [0.3, 0.4) is 0 Å². The molecule has 0 fully saturated rings. The normalized spacial score (nSPS) is 10.9. The van der Waals surface area contributed by atoms with Crippen molar-refractivity contribution in [3.63, 3.8) is 0 Å². The molecule has 3 rings (SSSR count). The Morgan fingerprint density at radius 2 is 1.69 bits per heavy atom. The van der Waals surface area contributed by atoms with Crippen LogP contribution in [0.5, 0.6) is 11.6 Å². The van der Waals surface area contributed by atoms with Gasteiger partial charge >= 0.3 is 5.69 Å². The predicted octanol–water partition coefficient (Wildman–Crippen LogP) is 2.20. The Kier molecular flexibility index (Phi) is 6.09. The second-order valence-corrected chi connectivity index (χ2v) is 6.24. The Morgan fingerprint density at radius 1 is 1.09 bits per heavy atom. The van der Waals surface area contributed by atoms with Gasteiger partial charge in [-0.2, -0.15) is 0 Å². The Hall–Kier alpha value is -4.81. The fourth-order valence-electron chi connectivity index (χ4n) is 2.76. The number of nitrogens with one attached hydrogen (secondary N) is 1. The lowest BCUT2D eigenvalue weighted by molar-refractivity contribution is -0.394. The number of nitro benzene ring substituents is 2. The van der Waals surface area contributed by atoms with Gasteiger partial charge in [0.25, 0.3) is 16.9 Å². The van der Waals surface area contributed by atoms with Crippen LogP contribution in [-0.4, -0.2) is 37.3 Å². The molecule has 0 spiro atoms. The van der Waals surface area contributed by atoms with Crippen LogP contribution < -0.4 is 16.0 Å². The number of ether oxygens (including phenoxy) is 1. The average Bonchev–Trinajstić information content (AvgIpc) is 2.74. The number of nitrogens with zero attached hydrogens (tertiary/aromatic N) is 4. The van der Waals surface area contributed by atoms with Crippen molar-refractivity contribution in [1.29, 1.82) is 0 Å². The van der Waals surface area contributed by atoms with Crippen molar-refractivity contribution >= 4 is 23.3 Å². The fraction of sp³-hybridized carbons (Fsp3) is 0.105. The Balaban J connectivity index is 2.08. The van der Waals surface area contributed by atoms with Gasteiger partial charge in [0.05, 0.1) is 33.9 Å². The zero-order valence-corrected chi connectivity index (χ0v) is 16.4. The smallest absolute Gasteiger partial charge is 0.335 e. The van der Waals surface area contributed by atoms with E-state index in [1.54, 1.807) is 19.1 Å². The minimum absolute atomic E-state index is 0.205. The molecule has 0 atom stereocenters. The van der Waals surface area contributed by atoms with Crippen LogP contribution in [0.25, 0.3) is 5.69 Å². The van der Waals surface area contributed by atoms with Gasteiger partial charge in [0, 0.05) is 18.3 Å². The third-order valence-corrected chi connectivity index (χ3v) is 4.18. The van der Waals surface area contributed by atoms with Crippen LogP contribution in [-0.2, 0) is 0 Å². The number of aromatic amines is 1. The number of aliphatic imine (C=N–C) groups is 1. The summed E-state index contributed by atoms with van der Waals surface area (Å²) in [5.41, 5.74) is -3.48. The number of nitro groups is 2. The summed E-state index contributed by atoms with van der Waals surface area (Å²) in [7, 11) is 0. The van der Waals surface area contributed by atoms with Crippen molar-refractivity contribution in [2.24, 2.45) is 4.99 Å². The van der Waals surface area contributed by atoms with E-state index in [2.05, 4.69) is 4.99 Å². The van der Waals surface area contributed by atoms with Crippen molar-refractivity contribution in [3.8, 4) is 17.3 Å². The first-order valence-corrected chi connectivity index (χ1v) is 9.00. The first-order chi connectivity index (χ1) is 15.2. The summed E-state index contributed by atoms with van der Waals surface area (Å²) in [6.45, 7) is 2.23. The van der Waals surface area contributed by atoms with Gasteiger partial charge < -0.3 is 9.84 Å². The number of rotatable bonds is 7. The molecule has 2 aromatic carbocycles. The van der Waals surface area contributed by atoms with E-state index in [4.69, 9.17) is 4.74 Å². The molecule has 0 unspecified atom stereocenters. The molecular weight excluding hydrogens is 426 g/mol. The van der Waals surface area contributed by atoms with Gasteiger partial charge in [-0.3, -0.25) is 35.0 Å². The molecule has 32 heavy (non-hydrogen) atoms. The lowest BCUT2D eigenvalue weighted by atomic mass is 10.2. The monoisotopic (exact) mass is 441 g/mol. The minimum Gasteiger partial charge on any atom is -0.494 e. The molecule has 0 bridgehead atoms. The molecule has 0 saturated carbocycles. The van der Waals surface area contributed by atoms with Crippen LogP contribution in [0.4, 0.5) is 17.1 Å². The summed E-state index contributed by atoms with van der Waals surface area (Å²) >= 11 is 0. The molecule has 2 N–H and O–H groups in total. The van der Waals surface area contributed by atoms with Gasteiger partial charge in [-0.15, -0.1) is 0 Å². The summed E-state index contributed by atoms with van der Waals surface area (Å²) in [5, 5.41) is 32.6. The van der Waals surface area contributed by atoms with Crippen LogP contribution in [0, 0.1) is 20.2 Å². The second-order valence-electron chi connectivity index (χ2n) is 6.24. The van der Waals surface area contributed by atoms with Gasteiger partial charge in [0.2, 0.25) is 5.88 Å². The Labute approximate surface area is 178 Å². The quantitative estimate of drug-likeness (QED) is 0.317. The standard InChI is InChI=1S/C19H15N5O8/c1-2-32-15-5-3-12(4-6-15)22-18(26)16(17(25)21-19(22)27)10-20-11-7-13(23(28)29)9-14(8-11)24(30)31/h3-10,26H,2H2,1H3,(H,21,25,27). The van der Waals surface area contributed by atoms with E-state index in [1.165, 1.54) is 12.1 Å². The molecule has 0 aliphatic rings. The van der Waals surface area contributed by atoms with Crippen molar-refractivity contribution in [3.05, 3.63) is 89.1 Å². The van der Waals surface area contributed by atoms with E-state index < -0.39 is 43.9 Å². The molecule has 1 heterocycles. The number of hydrogen-bond donors (Lipinski definition) is 2. The lowest BCUT2D eigenvalue weighted by Crippen LogP contribution is -2.31. The van der Waals surface area contributed by atoms with Gasteiger partial charge in [-0.1, -0.05) is 0 Å². The molecule has 13 heteroatoms. The summed E-state index contributed by atoms with van der Waals surface area (Å²) in [6, 6.07) is 8.76. The zero-order chi connectivity index (χ0) is 23.4. The topological polar surface area (TPSA) is 183 Å². The highest BCUT2D eigenvalue weighted by atomic mass is 16.6. The van der Waals surface area contributed by atoms with Crippen molar-refractivity contribution in [1.82, 2.24) is 9.55 Å². The molecule has 13 nitrogen and oxygen atoms in total. The van der Waals surface area contributed by atoms with Gasteiger partial charge in [0.1, 0.15) is 11.3 Å². The highest BCUT2D eigenvalue weighted by Crippen LogP contribution is 2.28. The van der Waals surface area contributed by atoms with Crippen molar-refractivity contribution in [2.75, 3.05) is 6.61 Å². The van der Waals surface area contributed by atoms with Gasteiger partial charge in [-0.25, -0.2) is 9.36 Å². The first kappa shape index (κ1) is 21.9. The molecule has 0 saturated heterocycles. The number of hydrogen-bond acceptors (Lipinski definition) is 9. The van der Waals surface area contributed by atoms with E-state index in [1.807, 2.05) is 4.98 Å². The van der Waals surface area contributed by atoms with Crippen LogP contribution in [0.1, 0.15) is 12.5 Å². The number of non-ortho nitro benzene ring substituents is 2. The highest BCUT2D eigenvalue weighted by molar-refractivity contribution is 5.84. The fourth-order valence-corrected chi connectivity index (χ4v) is 2.76. The summed E-state index contributed by atoms with van der Waals surface area (Å²) in [5.74, 6) is -0.214. The highest BCUT2D eigenvalue weighted by Gasteiger charge is 2.17. The Bertz CT molecular complexity index is 1310. The molecule has 1 aromatic heterocycles. The van der Waals surface area contributed by atoms with E-state index in [0.717, 1.165) is 29.0 Å². The van der Waals surface area contributed by atoms with E-state index in [0.29, 0.717) is 12.4 Å². The van der Waals surface area contributed by atoms with E-state index in [-0.39, 0.29) is 11.4 Å². The lowest BCUT2D eigenvalue weighted by Gasteiger charge is -2.10. The number of aromatic nitrogens is 2. The van der Waals surface area contributed by atoms with E-state index >= 15 is 0 Å². The molecule has 0 aliphatic heterocycles. The van der Waals surface area contributed by atoms with Crippen LogP contribution >= 0.6 is 0 Å². The maximum atomic E-state index is 12.3. The van der Waals surface area contributed by atoms with E-state index in [9.17, 15) is 34.9 Å². The van der Waals surface area contributed by atoms with Crippen molar-refractivity contribution < 1.29 is 19.7 Å². The van der Waals surface area contributed by atoms with Crippen LogP contribution in [0.15, 0.2) is 57.0 Å². The van der Waals surface area contributed by atoms with Crippen molar-refractivity contribution in [2.45, 2.75) is 6.92 Å². The maximum Gasteiger partial charge on any atom is 0.335 e. The SMILES string of the molecule is CCOc1ccc(-n2c(O)c(C=Nc3cc([N+](=O)[O-])cc([N+](=O)[O-])c3)c(=O)[nH]c2=O)cc1. The summed E-state index contributed by atoms with van der Waals surface area (Å²) in [6.07, 6.45) is 0.849.